The molecule has 0 unspecified atom stereocenters. The van der Waals surface area contributed by atoms with Gasteiger partial charge in [0.1, 0.15) is 5.69 Å². The van der Waals surface area contributed by atoms with Crippen LogP contribution in [0.25, 0.3) is 6.08 Å². The van der Waals surface area contributed by atoms with Gasteiger partial charge in [0.25, 0.3) is 5.91 Å². The van der Waals surface area contributed by atoms with Gasteiger partial charge in [-0.05, 0) is 11.6 Å². The first kappa shape index (κ1) is 15.4. The minimum atomic E-state index is -0.0167. The van der Waals surface area contributed by atoms with Crippen LogP contribution in [0.1, 0.15) is 16.1 Å². The molecule has 1 aliphatic heterocycles. The zero-order valence-corrected chi connectivity index (χ0v) is 13.1. The Labute approximate surface area is 136 Å². The highest BCUT2D eigenvalue weighted by atomic mass is 16.2. The molecule has 2 aromatic rings. The fourth-order valence-corrected chi connectivity index (χ4v) is 2.73. The van der Waals surface area contributed by atoms with Crippen molar-refractivity contribution in [2.75, 3.05) is 32.7 Å². The van der Waals surface area contributed by atoms with Crippen LogP contribution in [-0.4, -0.2) is 53.5 Å². The summed E-state index contributed by atoms with van der Waals surface area (Å²) in [5.74, 6) is -0.0167. The van der Waals surface area contributed by atoms with Crippen LogP contribution in [0.15, 0.2) is 55.0 Å². The maximum absolute atomic E-state index is 12.3. The maximum Gasteiger partial charge on any atom is 0.274 e. The van der Waals surface area contributed by atoms with E-state index in [-0.39, 0.29) is 5.91 Å². The van der Waals surface area contributed by atoms with Crippen LogP contribution in [0, 0.1) is 0 Å². The van der Waals surface area contributed by atoms with Crippen LogP contribution in [0.2, 0.25) is 0 Å². The lowest BCUT2D eigenvalue weighted by molar-refractivity contribution is -0.898. The van der Waals surface area contributed by atoms with Gasteiger partial charge in [0.15, 0.2) is 0 Å². The second kappa shape index (κ2) is 7.65. The molecule has 118 valence electrons. The SMILES string of the molecule is O=C(c1cnccn1)N1CC[NH+](CC=Cc2ccccc2)CC1. The van der Waals surface area contributed by atoms with Gasteiger partial charge >= 0.3 is 0 Å². The lowest BCUT2D eigenvalue weighted by Gasteiger charge is -2.31. The van der Waals surface area contributed by atoms with Gasteiger partial charge in [-0.1, -0.05) is 36.4 Å². The van der Waals surface area contributed by atoms with Crippen LogP contribution in [0.4, 0.5) is 0 Å². The van der Waals surface area contributed by atoms with Crippen LogP contribution in [0.3, 0.4) is 0 Å². The van der Waals surface area contributed by atoms with Crippen molar-refractivity contribution in [2.45, 2.75) is 0 Å². The largest absolute Gasteiger partial charge is 0.329 e. The number of piperazine rings is 1. The zero-order chi connectivity index (χ0) is 15.9. The van der Waals surface area contributed by atoms with Crippen molar-refractivity contribution in [1.82, 2.24) is 14.9 Å². The molecule has 0 atom stereocenters. The Bertz CT molecular complexity index is 649. The van der Waals surface area contributed by atoms with E-state index in [1.54, 1.807) is 12.4 Å². The zero-order valence-electron chi connectivity index (χ0n) is 13.1. The molecule has 1 aromatic heterocycles. The third-order valence-electron chi connectivity index (χ3n) is 4.06. The Morgan fingerprint density at radius 2 is 1.96 bits per heavy atom. The average Bonchev–Trinajstić information content (AvgIpc) is 2.63. The lowest BCUT2D eigenvalue weighted by Crippen LogP contribution is -3.14. The normalized spacial score (nSPS) is 15.9. The topological polar surface area (TPSA) is 50.5 Å². The number of quaternary nitrogens is 1. The van der Waals surface area contributed by atoms with Gasteiger partial charge in [0.05, 0.1) is 38.9 Å². The van der Waals surface area contributed by atoms with Crippen molar-refractivity contribution in [1.29, 1.82) is 0 Å². The van der Waals surface area contributed by atoms with Gasteiger partial charge in [-0.3, -0.25) is 9.78 Å². The molecule has 1 aromatic carbocycles. The molecule has 0 radical (unpaired) electrons. The summed E-state index contributed by atoms with van der Waals surface area (Å²) in [5.41, 5.74) is 1.66. The van der Waals surface area contributed by atoms with E-state index in [0.717, 1.165) is 32.7 Å². The Balaban J connectivity index is 1.47. The second-order valence-electron chi connectivity index (χ2n) is 5.65. The Morgan fingerprint density at radius 3 is 2.65 bits per heavy atom. The molecule has 1 aliphatic rings. The third kappa shape index (κ3) is 4.23. The van der Waals surface area contributed by atoms with Gasteiger partial charge in [0, 0.05) is 12.4 Å². The number of benzene rings is 1. The van der Waals surface area contributed by atoms with Crippen LogP contribution in [-0.2, 0) is 0 Å². The van der Waals surface area contributed by atoms with Crippen molar-refractivity contribution < 1.29 is 9.69 Å². The Hall–Kier alpha value is -2.53. The van der Waals surface area contributed by atoms with E-state index < -0.39 is 0 Å². The standard InChI is InChI=1S/C18H20N4O/c23-18(17-15-19-8-9-20-17)22-13-11-21(12-14-22)10-4-7-16-5-2-1-3-6-16/h1-9,15H,10-14H2/p+1. The number of hydrogen-bond donors (Lipinski definition) is 1. The molecular weight excluding hydrogens is 288 g/mol. The molecule has 0 aliphatic carbocycles. The number of rotatable bonds is 4. The maximum atomic E-state index is 12.3. The van der Waals surface area contributed by atoms with Gasteiger partial charge in [-0.15, -0.1) is 0 Å². The molecule has 1 N–H and O–H groups in total. The number of aromatic nitrogens is 2. The highest BCUT2D eigenvalue weighted by Crippen LogP contribution is 2.01. The summed E-state index contributed by atoms with van der Waals surface area (Å²) in [6.45, 7) is 4.45. The summed E-state index contributed by atoms with van der Waals surface area (Å²) >= 11 is 0. The average molecular weight is 309 g/mol. The van der Waals surface area contributed by atoms with E-state index in [4.69, 9.17) is 0 Å². The van der Waals surface area contributed by atoms with Gasteiger partial charge < -0.3 is 9.80 Å². The number of nitrogens with one attached hydrogen (secondary N) is 1. The molecule has 0 saturated carbocycles. The number of amides is 1. The predicted octanol–water partition coefficient (Wildman–Crippen LogP) is 0.531. The summed E-state index contributed by atoms with van der Waals surface area (Å²) < 4.78 is 0. The van der Waals surface area contributed by atoms with Gasteiger partial charge in [-0.25, -0.2) is 4.98 Å². The highest BCUT2D eigenvalue weighted by molar-refractivity contribution is 5.91. The number of hydrogen-bond acceptors (Lipinski definition) is 3. The Morgan fingerprint density at radius 1 is 1.17 bits per heavy atom. The molecule has 0 bridgehead atoms. The molecule has 1 amide bonds. The first-order chi connectivity index (χ1) is 11.3. The van der Waals surface area contributed by atoms with Crippen molar-refractivity contribution in [3.8, 4) is 0 Å². The molecule has 1 fully saturated rings. The second-order valence-corrected chi connectivity index (χ2v) is 5.65. The van der Waals surface area contributed by atoms with E-state index >= 15 is 0 Å². The van der Waals surface area contributed by atoms with E-state index in [1.165, 1.54) is 16.7 Å². The minimum absolute atomic E-state index is 0.0167. The van der Waals surface area contributed by atoms with E-state index in [2.05, 4.69) is 34.3 Å². The molecule has 0 spiro atoms. The van der Waals surface area contributed by atoms with E-state index in [0.29, 0.717) is 5.69 Å². The van der Waals surface area contributed by atoms with Crippen LogP contribution >= 0.6 is 0 Å². The predicted molar refractivity (Wildman–Crippen MR) is 89.0 cm³/mol. The fraction of sp³-hybridized carbons (Fsp3) is 0.278. The summed E-state index contributed by atoms with van der Waals surface area (Å²) in [7, 11) is 0. The lowest BCUT2D eigenvalue weighted by atomic mass is 10.2. The fourth-order valence-electron chi connectivity index (χ4n) is 2.73. The summed E-state index contributed by atoms with van der Waals surface area (Å²) in [6.07, 6.45) is 9.04. The van der Waals surface area contributed by atoms with Crippen molar-refractivity contribution in [3.05, 3.63) is 66.3 Å². The first-order valence-electron chi connectivity index (χ1n) is 7.93. The van der Waals surface area contributed by atoms with E-state index in [1.807, 2.05) is 23.1 Å². The van der Waals surface area contributed by atoms with Crippen molar-refractivity contribution >= 4 is 12.0 Å². The number of nitrogens with zero attached hydrogens (tertiary/aromatic N) is 3. The van der Waals surface area contributed by atoms with Crippen LogP contribution in [0.5, 0.6) is 0 Å². The number of carbonyl (C=O) groups excluding carboxylic acids is 1. The smallest absolute Gasteiger partial charge is 0.274 e. The number of carbonyl (C=O) groups is 1. The molecular formula is C18H21N4O+. The molecule has 5 heteroatoms. The minimum Gasteiger partial charge on any atom is -0.329 e. The Kier molecular flexibility index (Phi) is 5.11. The monoisotopic (exact) mass is 309 g/mol. The highest BCUT2D eigenvalue weighted by Gasteiger charge is 2.24. The molecule has 3 rings (SSSR count). The van der Waals surface area contributed by atoms with E-state index in [9.17, 15) is 4.79 Å². The quantitative estimate of drug-likeness (QED) is 0.896. The van der Waals surface area contributed by atoms with Crippen molar-refractivity contribution in [2.24, 2.45) is 0 Å². The summed E-state index contributed by atoms with van der Waals surface area (Å²) in [4.78, 5) is 23.7. The molecule has 1 saturated heterocycles. The molecule has 2 heterocycles. The first-order valence-corrected chi connectivity index (χ1v) is 7.93. The molecule has 23 heavy (non-hydrogen) atoms. The van der Waals surface area contributed by atoms with Gasteiger partial charge in [0.2, 0.25) is 0 Å². The summed E-state index contributed by atoms with van der Waals surface area (Å²) in [6, 6.07) is 10.3. The van der Waals surface area contributed by atoms with Gasteiger partial charge in [-0.2, -0.15) is 0 Å². The van der Waals surface area contributed by atoms with Crippen LogP contribution < -0.4 is 4.90 Å². The van der Waals surface area contributed by atoms with Crippen molar-refractivity contribution in [3.63, 3.8) is 0 Å². The third-order valence-corrected chi connectivity index (χ3v) is 4.06. The summed E-state index contributed by atoms with van der Waals surface area (Å²) in [5, 5.41) is 0. The molecule has 5 nitrogen and oxygen atoms in total.